The molecule has 0 saturated heterocycles. The van der Waals surface area contributed by atoms with Gasteiger partial charge in [0.25, 0.3) is 5.69 Å². The first-order valence-corrected chi connectivity index (χ1v) is 7.95. The van der Waals surface area contributed by atoms with Crippen molar-refractivity contribution in [2.45, 2.75) is 13.8 Å². The third-order valence-corrected chi connectivity index (χ3v) is 3.30. The Bertz CT molecular complexity index is 834. The zero-order chi connectivity index (χ0) is 19.1. The zero-order valence-electron chi connectivity index (χ0n) is 14.4. The number of carbonyl (C=O) groups is 2. The molecule has 2 aromatic rings. The summed E-state index contributed by atoms with van der Waals surface area (Å²) >= 11 is 0. The van der Waals surface area contributed by atoms with Crippen molar-refractivity contribution in [3.63, 3.8) is 0 Å². The van der Waals surface area contributed by atoms with Crippen LogP contribution in [0.5, 0.6) is 0 Å². The number of carbonyl (C=O) groups excluding carboxylic acids is 2. The summed E-state index contributed by atoms with van der Waals surface area (Å²) in [5.74, 6) is -1.12. The van der Waals surface area contributed by atoms with Crippen molar-refractivity contribution in [1.82, 2.24) is 0 Å². The van der Waals surface area contributed by atoms with Crippen LogP contribution in [0, 0.1) is 10.1 Å². The first-order valence-electron chi connectivity index (χ1n) is 7.95. The Morgan fingerprint density at radius 3 is 2.19 bits per heavy atom. The molecule has 0 aromatic heterocycles. The van der Waals surface area contributed by atoms with Crippen molar-refractivity contribution in [3.8, 4) is 0 Å². The maximum absolute atomic E-state index is 11.9. The van der Waals surface area contributed by atoms with Crippen LogP contribution in [-0.2, 0) is 9.47 Å². The number of nitrogens with one attached hydrogen (secondary N) is 1. The Balaban J connectivity index is 2.33. The van der Waals surface area contributed by atoms with Gasteiger partial charge in [0.1, 0.15) is 0 Å². The van der Waals surface area contributed by atoms with E-state index in [1.807, 2.05) is 0 Å². The molecule has 2 rings (SSSR count). The number of esters is 2. The van der Waals surface area contributed by atoms with Crippen LogP contribution in [0.1, 0.15) is 34.6 Å². The minimum Gasteiger partial charge on any atom is -0.462 e. The Hall–Kier alpha value is -3.42. The van der Waals surface area contributed by atoms with Crippen LogP contribution in [-0.4, -0.2) is 30.1 Å². The van der Waals surface area contributed by atoms with Gasteiger partial charge in [0, 0.05) is 23.5 Å². The van der Waals surface area contributed by atoms with E-state index in [-0.39, 0.29) is 24.5 Å². The van der Waals surface area contributed by atoms with Gasteiger partial charge in [-0.2, -0.15) is 0 Å². The van der Waals surface area contributed by atoms with Gasteiger partial charge in [0.05, 0.1) is 29.3 Å². The Kier molecular flexibility index (Phi) is 6.26. The molecule has 8 nitrogen and oxygen atoms in total. The lowest BCUT2D eigenvalue weighted by Crippen LogP contribution is -2.07. The smallest absolute Gasteiger partial charge is 0.338 e. The van der Waals surface area contributed by atoms with Crippen LogP contribution in [0.15, 0.2) is 42.5 Å². The number of nitro benzene ring substituents is 1. The zero-order valence-corrected chi connectivity index (χ0v) is 14.4. The molecule has 0 fully saturated rings. The van der Waals surface area contributed by atoms with Crippen LogP contribution < -0.4 is 5.32 Å². The van der Waals surface area contributed by atoms with Gasteiger partial charge >= 0.3 is 11.9 Å². The SMILES string of the molecule is CCOC(=O)c1cccc(Nc2cc(C(=O)OCC)cc([N+](=O)[O-])c2)c1. The molecule has 0 radical (unpaired) electrons. The Morgan fingerprint density at radius 2 is 1.58 bits per heavy atom. The molecule has 26 heavy (non-hydrogen) atoms. The summed E-state index contributed by atoms with van der Waals surface area (Å²) in [6.45, 7) is 3.77. The summed E-state index contributed by atoms with van der Waals surface area (Å²) in [6.07, 6.45) is 0. The first kappa shape index (κ1) is 18.9. The summed E-state index contributed by atoms with van der Waals surface area (Å²) in [5, 5.41) is 14.1. The van der Waals surface area contributed by atoms with Crippen LogP contribution in [0.25, 0.3) is 0 Å². The molecular formula is C18H18N2O6. The maximum Gasteiger partial charge on any atom is 0.338 e. The van der Waals surface area contributed by atoms with Gasteiger partial charge in [-0.3, -0.25) is 10.1 Å². The van der Waals surface area contributed by atoms with Gasteiger partial charge in [-0.05, 0) is 38.1 Å². The predicted octanol–water partition coefficient (Wildman–Crippen LogP) is 3.69. The molecule has 0 heterocycles. The average Bonchev–Trinajstić information content (AvgIpc) is 2.62. The summed E-state index contributed by atoms with van der Waals surface area (Å²) < 4.78 is 9.84. The second-order valence-electron chi connectivity index (χ2n) is 5.17. The summed E-state index contributed by atoms with van der Waals surface area (Å²) in [5.41, 5.74) is 0.992. The van der Waals surface area contributed by atoms with E-state index >= 15 is 0 Å². The number of hydrogen-bond acceptors (Lipinski definition) is 7. The predicted molar refractivity (Wildman–Crippen MR) is 94.7 cm³/mol. The van der Waals surface area contributed by atoms with Crippen LogP contribution in [0.3, 0.4) is 0 Å². The monoisotopic (exact) mass is 358 g/mol. The third-order valence-electron chi connectivity index (χ3n) is 3.30. The number of benzene rings is 2. The lowest BCUT2D eigenvalue weighted by Gasteiger charge is -2.10. The molecule has 0 amide bonds. The number of rotatable bonds is 7. The fourth-order valence-electron chi connectivity index (χ4n) is 2.23. The molecule has 0 saturated carbocycles. The topological polar surface area (TPSA) is 108 Å². The molecule has 0 aliphatic heterocycles. The van der Waals surface area contributed by atoms with E-state index in [4.69, 9.17) is 9.47 Å². The highest BCUT2D eigenvalue weighted by Gasteiger charge is 2.16. The quantitative estimate of drug-likeness (QED) is 0.457. The van der Waals surface area contributed by atoms with Gasteiger partial charge < -0.3 is 14.8 Å². The molecule has 1 N–H and O–H groups in total. The van der Waals surface area contributed by atoms with Gasteiger partial charge in [-0.1, -0.05) is 6.07 Å². The molecule has 0 spiro atoms. The van der Waals surface area contributed by atoms with Gasteiger partial charge in [0.15, 0.2) is 0 Å². The molecule has 0 aliphatic rings. The van der Waals surface area contributed by atoms with Crippen LogP contribution in [0.2, 0.25) is 0 Å². The molecule has 136 valence electrons. The van der Waals surface area contributed by atoms with Crippen LogP contribution >= 0.6 is 0 Å². The number of hydrogen-bond donors (Lipinski definition) is 1. The van der Waals surface area contributed by atoms with Gasteiger partial charge in [0.2, 0.25) is 0 Å². The van der Waals surface area contributed by atoms with E-state index < -0.39 is 16.9 Å². The molecule has 0 bridgehead atoms. The first-order chi connectivity index (χ1) is 12.4. The second kappa shape index (κ2) is 8.61. The van der Waals surface area contributed by atoms with E-state index in [0.717, 1.165) is 6.07 Å². The molecule has 8 heteroatoms. The number of anilines is 2. The normalized spacial score (nSPS) is 10.1. The highest BCUT2D eigenvalue weighted by molar-refractivity contribution is 5.92. The summed E-state index contributed by atoms with van der Waals surface area (Å²) in [4.78, 5) is 34.2. The summed E-state index contributed by atoms with van der Waals surface area (Å²) in [6, 6.07) is 10.4. The lowest BCUT2D eigenvalue weighted by atomic mass is 10.1. The number of nitro groups is 1. The van der Waals surface area contributed by atoms with Crippen molar-refractivity contribution in [2.75, 3.05) is 18.5 Å². The van der Waals surface area contributed by atoms with Crippen molar-refractivity contribution < 1.29 is 24.0 Å². The van der Waals surface area contributed by atoms with E-state index in [2.05, 4.69) is 5.32 Å². The van der Waals surface area contributed by atoms with E-state index in [1.54, 1.807) is 38.1 Å². The minimum absolute atomic E-state index is 0.0603. The van der Waals surface area contributed by atoms with Crippen molar-refractivity contribution in [3.05, 3.63) is 63.7 Å². The second-order valence-corrected chi connectivity index (χ2v) is 5.17. The van der Waals surface area contributed by atoms with Crippen molar-refractivity contribution in [1.29, 1.82) is 0 Å². The Morgan fingerprint density at radius 1 is 0.962 bits per heavy atom. The van der Waals surface area contributed by atoms with Crippen molar-refractivity contribution in [2.24, 2.45) is 0 Å². The number of non-ortho nitro benzene ring substituents is 1. The molecule has 2 aromatic carbocycles. The highest BCUT2D eigenvalue weighted by atomic mass is 16.6. The molecule has 0 aliphatic carbocycles. The Labute approximate surface area is 149 Å². The fourth-order valence-corrected chi connectivity index (χ4v) is 2.23. The molecule has 0 atom stereocenters. The van der Waals surface area contributed by atoms with Crippen LogP contribution in [0.4, 0.5) is 17.1 Å². The standard InChI is InChI=1S/C18H18N2O6/c1-3-25-17(21)12-6-5-7-14(8-12)19-15-9-13(18(22)26-4-2)10-16(11-15)20(23)24/h5-11,19H,3-4H2,1-2H3. The van der Waals surface area contributed by atoms with E-state index in [9.17, 15) is 19.7 Å². The highest BCUT2D eigenvalue weighted by Crippen LogP contribution is 2.25. The largest absolute Gasteiger partial charge is 0.462 e. The molecular weight excluding hydrogens is 340 g/mol. The third kappa shape index (κ3) is 4.79. The van der Waals surface area contributed by atoms with Crippen molar-refractivity contribution >= 4 is 29.0 Å². The van der Waals surface area contributed by atoms with Gasteiger partial charge in [-0.25, -0.2) is 9.59 Å². The average molecular weight is 358 g/mol. The maximum atomic E-state index is 11.9. The van der Waals surface area contributed by atoms with E-state index in [0.29, 0.717) is 16.9 Å². The minimum atomic E-state index is -0.653. The summed E-state index contributed by atoms with van der Waals surface area (Å²) in [7, 11) is 0. The van der Waals surface area contributed by atoms with Gasteiger partial charge in [-0.15, -0.1) is 0 Å². The fraction of sp³-hybridized carbons (Fsp3) is 0.222. The number of nitrogens with zero attached hydrogens (tertiary/aromatic N) is 1. The lowest BCUT2D eigenvalue weighted by molar-refractivity contribution is -0.384. The molecule has 0 unspecified atom stereocenters. The number of ether oxygens (including phenoxy) is 2. The van der Waals surface area contributed by atoms with E-state index in [1.165, 1.54) is 12.1 Å².